The van der Waals surface area contributed by atoms with Gasteiger partial charge in [-0.3, -0.25) is 4.99 Å². The lowest BCUT2D eigenvalue weighted by Gasteiger charge is -2.23. The molecule has 1 rings (SSSR count). The number of hydrogen-bond acceptors (Lipinski definition) is 4. The van der Waals surface area contributed by atoms with Crippen molar-refractivity contribution in [2.75, 3.05) is 25.1 Å². The molecule has 24 heavy (non-hydrogen) atoms. The van der Waals surface area contributed by atoms with Gasteiger partial charge in [0.05, 0.1) is 11.8 Å². The van der Waals surface area contributed by atoms with Crippen LogP contribution < -0.4 is 10.6 Å². The zero-order valence-corrected chi connectivity index (χ0v) is 16.5. The normalized spacial score (nSPS) is 14.5. The van der Waals surface area contributed by atoms with Gasteiger partial charge in [0, 0.05) is 19.3 Å². The first kappa shape index (κ1) is 20.5. The molecule has 0 aliphatic heterocycles. The first-order chi connectivity index (χ1) is 11.0. The van der Waals surface area contributed by atoms with Crippen LogP contribution in [0.25, 0.3) is 0 Å². The van der Waals surface area contributed by atoms with E-state index in [1.54, 1.807) is 0 Å². The molecular weight excluding hydrogens is 326 g/mol. The SMILES string of the molecule is CCNC(=NCC(C)(C)CCS(C)(=O)=O)NC(C)c1ccc(C)o1. The van der Waals surface area contributed by atoms with Gasteiger partial charge in [0.25, 0.3) is 0 Å². The summed E-state index contributed by atoms with van der Waals surface area (Å²) in [7, 11) is -2.95. The van der Waals surface area contributed by atoms with E-state index in [2.05, 4.69) is 15.6 Å². The Morgan fingerprint density at radius 2 is 2.04 bits per heavy atom. The van der Waals surface area contributed by atoms with Crippen LogP contribution in [0.15, 0.2) is 21.5 Å². The maximum Gasteiger partial charge on any atom is 0.191 e. The van der Waals surface area contributed by atoms with E-state index >= 15 is 0 Å². The second kappa shape index (κ2) is 8.55. The van der Waals surface area contributed by atoms with E-state index in [-0.39, 0.29) is 17.2 Å². The largest absolute Gasteiger partial charge is 0.464 e. The van der Waals surface area contributed by atoms with Crippen LogP contribution in [-0.2, 0) is 9.84 Å². The number of sulfone groups is 1. The molecule has 0 radical (unpaired) electrons. The van der Waals surface area contributed by atoms with Crippen LogP contribution in [0.3, 0.4) is 0 Å². The highest BCUT2D eigenvalue weighted by Crippen LogP contribution is 2.21. The fourth-order valence-electron chi connectivity index (χ4n) is 2.12. The Morgan fingerprint density at radius 3 is 2.54 bits per heavy atom. The van der Waals surface area contributed by atoms with Gasteiger partial charge in [-0.25, -0.2) is 8.42 Å². The van der Waals surface area contributed by atoms with Crippen molar-refractivity contribution in [3.8, 4) is 0 Å². The van der Waals surface area contributed by atoms with Gasteiger partial charge in [0.1, 0.15) is 21.4 Å². The molecule has 0 spiro atoms. The molecule has 0 fully saturated rings. The molecule has 1 unspecified atom stereocenters. The van der Waals surface area contributed by atoms with Crippen molar-refractivity contribution in [2.24, 2.45) is 10.4 Å². The molecule has 0 aliphatic rings. The van der Waals surface area contributed by atoms with Crippen LogP contribution in [0.5, 0.6) is 0 Å². The smallest absolute Gasteiger partial charge is 0.191 e. The molecule has 1 aromatic heterocycles. The van der Waals surface area contributed by atoms with Crippen molar-refractivity contribution in [1.29, 1.82) is 0 Å². The molecule has 6 nitrogen and oxygen atoms in total. The summed E-state index contributed by atoms with van der Waals surface area (Å²) in [6, 6.07) is 3.88. The van der Waals surface area contributed by atoms with Crippen LogP contribution in [-0.4, -0.2) is 39.5 Å². The molecule has 138 valence electrons. The number of rotatable bonds is 8. The van der Waals surface area contributed by atoms with E-state index in [1.807, 2.05) is 46.8 Å². The molecule has 0 amide bonds. The van der Waals surface area contributed by atoms with Gasteiger partial charge in [0.15, 0.2) is 5.96 Å². The Hall–Kier alpha value is -1.50. The minimum Gasteiger partial charge on any atom is -0.464 e. The van der Waals surface area contributed by atoms with Crippen LogP contribution in [0.4, 0.5) is 0 Å². The van der Waals surface area contributed by atoms with Gasteiger partial charge in [-0.1, -0.05) is 13.8 Å². The molecule has 0 aromatic carbocycles. The minimum atomic E-state index is -2.95. The highest BCUT2D eigenvalue weighted by atomic mass is 32.2. The predicted octanol–water partition coefficient (Wildman–Crippen LogP) is 2.67. The average Bonchev–Trinajstić information content (AvgIpc) is 2.89. The number of nitrogens with zero attached hydrogens (tertiary/aromatic N) is 1. The standard InChI is InChI=1S/C17H31N3O3S/c1-7-18-16(20-14(3)15-9-8-13(2)23-15)19-12-17(4,5)10-11-24(6,21)22/h8-9,14H,7,10-12H2,1-6H3,(H2,18,19,20). The molecule has 2 N–H and O–H groups in total. The molecule has 0 bridgehead atoms. The Balaban J connectivity index is 2.70. The third-order valence-electron chi connectivity index (χ3n) is 3.70. The van der Waals surface area contributed by atoms with E-state index in [1.165, 1.54) is 6.26 Å². The maximum atomic E-state index is 11.4. The van der Waals surface area contributed by atoms with Crippen LogP contribution in [0, 0.1) is 12.3 Å². The van der Waals surface area contributed by atoms with Crippen LogP contribution in [0.2, 0.25) is 0 Å². The van der Waals surface area contributed by atoms with Crippen LogP contribution >= 0.6 is 0 Å². The van der Waals surface area contributed by atoms with E-state index in [0.717, 1.165) is 18.1 Å². The lowest BCUT2D eigenvalue weighted by atomic mass is 9.90. The third-order valence-corrected chi connectivity index (χ3v) is 4.65. The molecule has 1 heterocycles. The molecule has 0 saturated heterocycles. The Labute approximate surface area is 146 Å². The number of aliphatic imine (C=N–C) groups is 1. The topological polar surface area (TPSA) is 83.7 Å². The van der Waals surface area contributed by atoms with Crippen molar-refractivity contribution in [1.82, 2.24) is 10.6 Å². The summed E-state index contributed by atoms with van der Waals surface area (Å²) in [6.07, 6.45) is 1.85. The van der Waals surface area contributed by atoms with Gasteiger partial charge in [-0.15, -0.1) is 0 Å². The maximum absolute atomic E-state index is 11.4. The van der Waals surface area contributed by atoms with Gasteiger partial charge >= 0.3 is 0 Å². The lowest BCUT2D eigenvalue weighted by Crippen LogP contribution is -2.39. The predicted molar refractivity (Wildman–Crippen MR) is 99.1 cm³/mol. The van der Waals surface area contributed by atoms with E-state index < -0.39 is 9.84 Å². The quantitative estimate of drug-likeness (QED) is 0.552. The number of hydrogen-bond donors (Lipinski definition) is 2. The molecule has 1 aromatic rings. The van der Waals surface area contributed by atoms with E-state index in [9.17, 15) is 8.42 Å². The zero-order valence-electron chi connectivity index (χ0n) is 15.6. The fraction of sp³-hybridized carbons (Fsp3) is 0.706. The first-order valence-electron chi connectivity index (χ1n) is 8.31. The van der Waals surface area contributed by atoms with Gasteiger partial charge < -0.3 is 15.1 Å². The molecule has 7 heteroatoms. The number of nitrogens with one attached hydrogen (secondary N) is 2. The fourth-order valence-corrected chi connectivity index (χ4v) is 3.04. The number of aryl methyl sites for hydroxylation is 1. The summed E-state index contributed by atoms with van der Waals surface area (Å²) < 4.78 is 28.3. The van der Waals surface area contributed by atoms with Crippen molar-refractivity contribution in [2.45, 2.75) is 47.1 Å². The average molecular weight is 358 g/mol. The number of guanidine groups is 1. The Bertz CT molecular complexity index is 648. The Kier molecular flexibility index (Phi) is 7.32. The van der Waals surface area contributed by atoms with Gasteiger partial charge in [0.2, 0.25) is 0 Å². The lowest BCUT2D eigenvalue weighted by molar-refractivity contribution is 0.364. The summed E-state index contributed by atoms with van der Waals surface area (Å²) >= 11 is 0. The molecule has 0 saturated carbocycles. The van der Waals surface area contributed by atoms with E-state index in [4.69, 9.17) is 4.42 Å². The minimum absolute atomic E-state index is 0.00404. The monoisotopic (exact) mass is 357 g/mol. The Morgan fingerprint density at radius 1 is 1.38 bits per heavy atom. The van der Waals surface area contributed by atoms with Crippen LogP contribution in [0.1, 0.15) is 51.7 Å². The molecular formula is C17H31N3O3S. The van der Waals surface area contributed by atoms with Crippen molar-refractivity contribution in [3.05, 3.63) is 23.7 Å². The number of furan rings is 1. The highest BCUT2D eigenvalue weighted by Gasteiger charge is 2.20. The van der Waals surface area contributed by atoms with Gasteiger partial charge in [-0.2, -0.15) is 0 Å². The van der Waals surface area contributed by atoms with E-state index in [0.29, 0.717) is 18.9 Å². The first-order valence-corrected chi connectivity index (χ1v) is 10.4. The molecule has 1 atom stereocenters. The molecule has 0 aliphatic carbocycles. The van der Waals surface area contributed by atoms with Gasteiger partial charge in [-0.05, 0) is 44.7 Å². The second-order valence-corrected chi connectivity index (χ2v) is 9.31. The van der Waals surface area contributed by atoms with Crippen molar-refractivity contribution >= 4 is 15.8 Å². The van der Waals surface area contributed by atoms with Crippen molar-refractivity contribution < 1.29 is 12.8 Å². The van der Waals surface area contributed by atoms with Crippen molar-refractivity contribution in [3.63, 3.8) is 0 Å². The zero-order chi connectivity index (χ0) is 18.4. The summed E-state index contributed by atoms with van der Waals surface area (Å²) in [5.41, 5.74) is -0.185. The second-order valence-electron chi connectivity index (χ2n) is 7.05. The third kappa shape index (κ3) is 7.86. The summed E-state index contributed by atoms with van der Waals surface area (Å²) in [5, 5.41) is 6.53. The summed E-state index contributed by atoms with van der Waals surface area (Å²) in [6.45, 7) is 11.3. The summed E-state index contributed by atoms with van der Waals surface area (Å²) in [4.78, 5) is 4.62. The highest BCUT2D eigenvalue weighted by molar-refractivity contribution is 7.90. The summed E-state index contributed by atoms with van der Waals surface area (Å²) in [5.74, 6) is 2.62.